The molecule has 0 heterocycles. The van der Waals surface area contributed by atoms with E-state index in [0.29, 0.717) is 29.3 Å². The number of hydrogen-bond donors (Lipinski definition) is 2. The van der Waals surface area contributed by atoms with Gasteiger partial charge in [0.15, 0.2) is 0 Å². The zero-order chi connectivity index (χ0) is 20.9. The van der Waals surface area contributed by atoms with Gasteiger partial charge in [-0.05, 0) is 79.1 Å². The van der Waals surface area contributed by atoms with Gasteiger partial charge in [-0.25, -0.2) is 4.39 Å². The zero-order valence-corrected chi connectivity index (χ0v) is 16.2. The number of hydrogen-bond acceptors (Lipinski definition) is 3. The lowest BCUT2D eigenvalue weighted by Crippen LogP contribution is -2.22. The average Bonchev–Trinajstić information content (AvgIpc) is 3.61. The number of ether oxygens (including phenoxy) is 1. The molecule has 6 heteroatoms. The molecular weight excluding hydrogens is 383 g/mol. The molecule has 0 saturated heterocycles. The Labute approximate surface area is 173 Å². The molecule has 0 spiro atoms. The van der Waals surface area contributed by atoms with Gasteiger partial charge < -0.3 is 15.4 Å². The Morgan fingerprint density at radius 3 is 2.07 bits per heavy atom. The van der Waals surface area contributed by atoms with E-state index in [9.17, 15) is 14.0 Å². The summed E-state index contributed by atoms with van der Waals surface area (Å²) in [6.45, 7) is 0.371. The number of rotatable bonds is 7. The number of carbonyl (C=O) groups is 2. The van der Waals surface area contributed by atoms with Gasteiger partial charge in [0.05, 0.1) is 0 Å². The van der Waals surface area contributed by atoms with E-state index < -0.39 is 0 Å². The normalized spacial score (nSPS) is 12.8. The lowest BCUT2D eigenvalue weighted by Gasteiger charge is -2.09. The van der Waals surface area contributed by atoms with Gasteiger partial charge in [-0.3, -0.25) is 9.59 Å². The maximum Gasteiger partial charge on any atom is 0.251 e. The van der Waals surface area contributed by atoms with E-state index in [1.807, 2.05) is 12.1 Å². The molecule has 0 radical (unpaired) electrons. The van der Waals surface area contributed by atoms with E-state index in [4.69, 9.17) is 4.74 Å². The van der Waals surface area contributed by atoms with Crippen molar-refractivity contribution in [3.63, 3.8) is 0 Å². The molecule has 5 nitrogen and oxygen atoms in total. The Hall–Kier alpha value is -3.67. The van der Waals surface area contributed by atoms with Crippen molar-refractivity contribution >= 4 is 17.5 Å². The second-order valence-corrected chi connectivity index (χ2v) is 7.22. The quantitative estimate of drug-likeness (QED) is 0.589. The lowest BCUT2D eigenvalue weighted by atomic mass is 10.1. The summed E-state index contributed by atoms with van der Waals surface area (Å²) in [5.41, 5.74) is 2.14. The first kappa shape index (κ1) is 19.6. The summed E-state index contributed by atoms with van der Waals surface area (Å²) in [7, 11) is 0. The summed E-state index contributed by atoms with van der Waals surface area (Å²) in [5, 5.41) is 5.72. The third-order valence-corrected chi connectivity index (χ3v) is 4.79. The van der Waals surface area contributed by atoms with Crippen LogP contribution in [0.5, 0.6) is 11.5 Å². The van der Waals surface area contributed by atoms with Gasteiger partial charge >= 0.3 is 0 Å². The molecule has 1 aliphatic carbocycles. The van der Waals surface area contributed by atoms with Crippen molar-refractivity contribution < 1.29 is 18.7 Å². The van der Waals surface area contributed by atoms with Crippen molar-refractivity contribution in [3.05, 3.63) is 89.7 Å². The van der Waals surface area contributed by atoms with E-state index >= 15 is 0 Å². The molecule has 1 fully saturated rings. The van der Waals surface area contributed by atoms with Gasteiger partial charge in [0.1, 0.15) is 17.3 Å². The maximum absolute atomic E-state index is 12.9. The number of benzene rings is 3. The highest BCUT2D eigenvalue weighted by atomic mass is 19.1. The summed E-state index contributed by atoms with van der Waals surface area (Å²) in [6.07, 6.45) is 1.90. The minimum Gasteiger partial charge on any atom is -0.457 e. The van der Waals surface area contributed by atoms with Crippen LogP contribution in [-0.4, -0.2) is 11.8 Å². The summed E-state index contributed by atoms with van der Waals surface area (Å²) >= 11 is 0. The van der Waals surface area contributed by atoms with Crippen molar-refractivity contribution in [1.82, 2.24) is 5.32 Å². The van der Waals surface area contributed by atoms with Crippen molar-refractivity contribution in [2.45, 2.75) is 19.4 Å². The van der Waals surface area contributed by atoms with Crippen LogP contribution in [0.25, 0.3) is 0 Å². The first-order valence-electron chi connectivity index (χ1n) is 9.78. The van der Waals surface area contributed by atoms with Crippen LogP contribution in [0.3, 0.4) is 0 Å². The zero-order valence-electron chi connectivity index (χ0n) is 16.2. The molecule has 1 saturated carbocycles. The van der Waals surface area contributed by atoms with Crippen molar-refractivity contribution in [1.29, 1.82) is 0 Å². The van der Waals surface area contributed by atoms with Crippen LogP contribution in [0.2, 0.25) is 0 Å². The van der Waals surface area contributed by atoms with Gasteiger partial charge in [0.25, 0.3) is 5.91 Å². The molecule has 2 N–H and O–H groups in total. The summed E-state index contributed by atoms with van der Waals surface area (Å²) in [5.74, 6) is 0.849. The number of carbonyl (C=O) groups excluding carboxylic acids is 2. The predicted molar refractivity (Wildman–Crippen MR) is 112 cm³/mol. The van der Waals surface area contributed by atoms with Gasteiger partial charge in [-0.15, -0.1) is 0 Å². The minimum atomic E-state index is -0.314. The Morgan fingerprint density at radius 1 is 0.867 bits per heavy atom. The largest absolute Gasteiger partial charge is 0.457 e. The van der Waals surface area contributed by atoms with E-state index in [0.717, 1.165) is 18.4 Å². The fourth-order valence-electron chi connectivity index (χ4n) is 2.89. The summed E-state index contributed by atoms with van der Waals surface area (Å²) in [4.78, 5) is 24.1. The van der Waals surface area contributed by atoms with E-state index in [-0.39, 0.29) is 23.5 Å². The number of nitrogens with one attached hydrogen (secondary N) is 2. The van der Waals surface area contributed by atoms with Crippen LogP contribution >= 0.6 is 0 Å². The molecule has 0 aromatic heterocycles. The highest BCUT2D eigenvalue weighted by Crippen LogP contribution is 2.30. The van der Waals surface area contributed by atoms with Gasteiger partial charge in [-0.2, -0.15) is 0 Å². The van der Waals surface area contributed by atoms with Gasteiger partial charge in [-0.1, -0.05) is 12.1 Å². The molecule has 4 rings (SSSR count). The molecule has 3 aromatic carbocycles. The second-order valence-electron chi connectivity index (χ2n) is 7.22. The van der Waals surface area contributed by atoms with Crippen LogP contribution in [0.15, 0.2) is 72.8 Å². The number of halogens is 1. The van der Waals surface area contributed by atoms with E-state index in [2.05, 4.69) is 10.6 Å². The van der Waals surface area contributed by atoms with E-state index in [1.165, 1.54) is 12.1 Å². The highest BCUT2D eigenvalue weighted by molar-refractivity contribution is 5.96. The third kappa shape index (κ3) is 5.23. The molecule has 1 aliphatic rings. The number of amides is 2. The monoisotopic (exact) mass is 404 g/mol. The summed E-state index contributed by atoms with van der Waals surface area (Å²) < 4.78 is 18.6. The Bertz CT molecular complexity index is 1030. The first-order valence-corrected chi connectivity index (χ1v) is 9.78. The lowest BCUT2D eigenvalue weighted by molar-refractivity contribution is -0.117. The van der Waals surface area contributed by atoms with Gasteiger partial charge in [0.2, 0.25) is 5.91 Å². The molecule has 0 atom stereocenters. The minimum absolute atomic E-state index is 0.0408. The van der Waals surface area contributed by atoms with Crippen molar-refractivity contribution in [3.8, 4) is 11.5 Å². The molecule has 30 heavy (non-hydrogen) atoms. The van der Waals surface area contributed by atoms with Crippen molar-refractivity contribution in [2.24, 2.45) is 5.92 Å². The van der Waals surface area contributed by atoms with Crippen LogP contribution in [0.1, 0.15) is 28.8 Å². The standard InChI is InChI=1S/C24H21FN2O3/c25-19-7-13-22(14-8-19)30-21-11-1-16(2-12-21)15-26-23(28)17-5-9-20(10-6-17)27-24(29)18-3-4-18/h1-2,5-14,18H,3-4,15H2,(H,26,28)(H,27,29). The maximum atomic E-state index is 12.9. The third-order valence-electron chi connectivity index (χ3n) is 4.79. The Morgan fingerprint density at radius 2 is 1.47 bits per heavy atom. The smallest absolute Gasteiger partial charge is 0.251 e. The first-order chi connectivity index (χ1) is 14.6. The Balaban J connectivity index is 1.27. The molecule has 152 valence electrons. The topological polar surface area (TPSA) is 67.4 Å². The fourth-order valence-corrected chi connectivity index (χ4v) is 2.89. The fraction of sp³-hybridized carbons (Fsp3) is 0.167. The predicted octanol–water partition coefficient (Wildman–Crippen LogP) is 4.90. The van der Waals surface area contributed by atoms with Crippen LogP contribution in [0, 0.1) is 11.7 Å². The van der Waals surface area contributed by atoms with Crippen LogP contribution in [-0.2, 0) is 11.3 Å². The molecule has 0 aliphatic heterocycles. The highest BCUT2D eigenvalue weighted by Gasteiger charge is 2.29. The van der Waals surface area contributed by atoms with Crippen molar-refractivity contribution in [2.75, 3.05) is 5.32 Å². The summed E-state index contributed by atoms with van der Waals surface area (Å²) in [6, 6.07) is 20.0. The molecule has 0 bridgehead atoms. The Kier molecular flexibility index (Phi) is 5.75. The molecule has 0 unspecified atom stereocenters. The SMILES string of the molecule is O=C(NCc1ccc(Oc2ccc(F)cc2)cc1)c1ccc(NC(=O)C2CC2)cc1. The molecule has 3 aromatic rings. The van der Waals surface area contributed by atoms with Gasteiger partial charge in [0, 0.05) is 23.7 Å². The molecule has 2 amide bonds. The van der Waals surface area contributed by atoms with E-state index in [1.54, 1.807) is 48.5 Å². The average molecular weight is 404 g/mol. The molecular formula is C24H21FN2O3. The second kappa shape index (κ2) is 8.78. The van der Waals surface area contributed by atoms with Crippen LogP contribution < -0.4 is 15.4 Å². The van der Waals surface area contributed by atoms with Crippen LogP contribution in [0.4, 0.5) is 10.1 Å². The number of anilines is 1.